The molecule has 88 valence electrons. The molecule has 2 rings (SSSR count). The van der Waals surface area contributed by atoms with Gasteiger partial charge in [0, 0.05) is 31.0 Å². The summed E-state index contributed by atoms with van der Waals surface area (Å²) in [7, 11) is 2.00. The van der Waals surface area contributed by atoms with E-state index in [1.165, 1.54) is 0 Å². The smallest absolute Gasteiger partial charge is 0.0621 e. The largest absolute Gasteiger partial charge is 0.381 e. The minimum Gasteiger partial charge on any atom is -0.381 e. The van der Waals surface area contributed by atoms with Crippen LogP contribution in [0.25, 0.3) is 0 Å². The van der Waals surface area contributed by atoms with E-state index in [0.29, 0.717) is 12.0 Å². The number of pyridine rings is 1. The Hall–Kier alpha value is -0.640. The van der Waals surface area contributed by atoms with Crippen molar-refractivity contribution in [2.45, 2.75) is 18.9 Å². The number of rotatable bonds is 4. The van der Waals surface area contributed by atoms with Crippen molar-refractivity contribution in [1.82, 2.24) is 10.3 Å². The zero-order chi connectivity index (χ0) is 11.4. The van der Waals surface area contributed by atoms with Crippen molar-refractivity contribution in [2.75, 3.05) is 20.3 Å². The zero-order valence-electron chi connectivity index (χ0n) is 9.45. The summed E-state index contributed by atoms with van der Waals surface area (Å²) >= 11 is 6.11. The van der Waals surface area contributed by atoms with Gasteiger partial charge in [0.1, 0.15) is 0 Å². The summed E-state index contributed by atoms with van der Waals surface area (Å²) in [5.41, 5.74) is 1.16. The van der Waals surface area contributed by atoms with Crippen LogP contribution in [0.2, 0.25) is 5.02 Å². The maximum atomic E-state index is 6.11. The highest BCUT2D eigenvalue weighted by Gasteiger charge is 2.25. The molecule has 2 heterocycles. The molecule has 1 saturated heterocycles. The number of hydrogen-bond donors (Lipinski definition) is 1. The van der Waals surface area contributed by atoms with Gasteiger partial charge in [0.2, 0.25) is 0 Å². The summed E-state index contributed by atoms with van der Waals surface area (Å²) in [6, 6.07) is 2.42. The van der Waals surface area contributed by atoms with Gasteiger partial charge in [-0.25, -0.2) is 0 Å². The summed E-state index contributed by atoms with van der Waals surface area (Å²) in [5.74, 6) is 0.592. The molecular weight excluding hydrogens is 224 g/mol. The van der Waals surface area contributed by atoms with Crippen molar-refractivity contribution in [3.8, 4) is 0 Å². The molecule has 2 unspecified atom stereocenters. The lowest BCUT2D eigenvalue weighted by Gasteiger charge is -2.22. The number of nitrogens with zero attached hydrogens (tertiary/aromatic N) is 1. The molecule has 2 atom stereocenters. The van der Waals surface area contributed by atoms with Crippen LogP contribution in [-0.2, 0) is 11.2 Å². The van der Waals surface area contributed by atoms with Crippen molar-refractivity contribution in [1.29, 1.82) is 0 Å². The molecule has 0 saturated carbocycles. The second kappa shape index (κ2) is 5.62. The highest BCUT2D eigenvalue weighted by atomic mass is 35.5. The topological polar surface area (TPSA) is 34.2 Å². The number of likely N-dealkylation sites (N-methyl/N-ethyl adjacent to an activating group) is 1. The van der Waals surface area contributed by atoms with E-state index >= 15 is 0 Å². The molecule has 1 fully saturated rings. The Labute approximate surface area is 101 Å². The van der Waals surface area contributed by atoms with Crippen LogP contribution in [0, 0.1) is 5.92 Å². The Kier molecular flexibility index (Phi) is 4.16. The van der Waals surface area contributed by atoms with Gasteiger partial charge in [0.15, 0.2) is 0 Å². The Morgan fingerprint density at radius 1 is 1.69 bits per heavy atom. The predicted octanol–water partition coefficient (Wildman–Crippen LogP) is 1.90. The van der Waals surface area contributed by atoms with Crippen LogP contribution in [0.15, 0.2) is 18.5 Å². The van der Waals surface area contributed by atoms with E-state index in [2.05, 4.69) is 10.3 Å². The Balaban J connectivity index is 2.03. The third-order valence-corrected chi connectivity index (χ3v) is 3.54. The maximum absolute atomic E-state index is 6.11. The zero-order valence-corrected chi connectivity index (χ0v) is 10.2. The van der Waals surface area contributed by atoms with Gasteiger partial charge >= 0.3 is 0 Å². The molecule has 16 heavy (non-hydrogen) atoms. The van der Waals surface area contributed by atoms with Crippen LogP contribution in [0.1, 0.15) is 12.0 Å². The van der Waals surface area contributed by atoms with E-state index < -0.39 is 0 Å². The Morgan fingerprint density at radius 3 is 3.19 bits per heavy atom. The van der Waals surface area contributed by atoms with Gasteiger partial charge < -0.3 is 10.1 Å². The molecular formula is C12H17ClN2O. The van der Waals surface area contributed by atoms with E-state index in [4.69, 9.17) is 16.3 Å². The van der Waals surface area contributed by atoms with E-state index in [-0.39, 0.29) is 0 Å². The molecule has 0 bridgehead atoms. The van der Waals surface area contributed by atoms with E-state index in [1.54, 1.807) is 12.4 Å². The van der Waals surface area contributed by atoms with Crippen LogP contribution in [0.5, 0.6) is 0 Å². The number of halogens is 1. The quantitative estimate of drug-likeness (QED) is 0.873. The predicted molar refractivity (Wildman–Crippen MR) is 64.7 cm³/mol. The lowest BCUT2D eigenvalue weighted by Crippen LogP contribution is -2.36. The Morgan fingerprint density at radius 2 is 2.56 bits per heavy atom. The highest BCUT2D eigenvalue weighted by Crippen LogP contribution is 2.22. The van der Waals surface area contributed by atoms with Crippen molar-refractivity contribution in [3.63, 3.8) is 0 Å². The van der Waals surface area contributed by atoms with E-state index in [0.717, 1.165) is 36.6 Å². The first-order chi connectivity index (χ1) is 7.81. The first-order valence-corrected chi connectivity index (χ1v) is 6.02. The summed E-state index contributed by atoms with van der Waals surface area (Å²) < 4.78 is 5.42. The minimum absolute atomic E-state index is 0.433. The number of nitrogens with one attached hydrogen (secondary N) is 1. The van der Waals surface area contributed by atoms with Gasteiger partial charge in [0.25, 0.3) is 0 Å². The Bertz CT molecular complexity index is 340. The van der Waals surface area contributed by atoms with Crippen molar-refractivity contribution >= 4 is 11.6 Å². The standard InChI is InChI=1S/C12H17ClN2O/c1-14-12(10-3-5-16-8-10)6-9-2-4-15-7-11(9)13/h2,4,7,10,12,14H,3,5-6,8H2,1H3. The maximum Gasteiger partial charge on any atom is 0.0621 e. The molecule has 1 aliphatic rings. The molecule has 1 N–H and O–H groups in total. The molecule has 3 nitrogen and oxygen atoms in total. The first-order valence-electron chi connectivity index (χ1n) is 5.64. The molecule has 1 aromatic rings. The fraction of sp³-hybridized carbons (Fsp3) is 0.583. The third-order valence-electron chi connectivity index (χ3n) is 3.20. The summed E-state index contributed by atoms with van der Waals surface area (Å²) in [6.45, 7) is 1.74. The molecule has 4 heteroatoms. The number of ether oxygens (including phenoxy) is 1. The van der Waals surface area contributed by atoms with Crippen LogP contribution in [0.3, 0.4) is 0 Å². The van der Waals surface area contributed by atoms with Gasteiger partial charge in [-0.3, -0.25) is 4.98 Å². The normalized spacial score (nSPS) is 22.2. The first kappa shape index (κ1) is 11.8. The lowest BCUT2D eigenvalue weighted by atomic mass is 9.93. The lowest BCUT2D eigenvalue weighted by molar-refractivity contribution is 0.177. The van der Waals surface area contributed by atoms with E-state index in [1.807, 2.05) is 13.1 Å². The van der Waals surface area contributed by atoms with Gasteiger partial charge in [-0.15, -0.1) is 0 Å². The second-order valence-corrected chi connectivity index (χ2v) is 4.60. The number of aromatic nitrogens is 1. The van der Waals surface area contributed by atoms with E-state index in [9.17, 15) is 0 Å². The van der Waals surface area contributed by atoms with Crippen molar-refractivity contribution in [3.05, 3.63) is 29.0 Å². The molecule has 1 aliphatic heterocycles. The molecule has 0 radical (unpaired) electrons. The van der Waals surface area contributed by atoms with Crippen LogP contribution < -0.4 is 5.32 Å². The van der Waals surface area contributed by atoms with Gasteiger partial charge in [-0.05, 0) is 31.5 Å². The average Bonchev–Trinajstić information content (AvgIpc) is 2.81. The second-order valence-electron chi connectivity index (χ2n) is 4.19. The van der Waals surface area contributed by atoms with Crippen LogP contribution >= 0.6 is 11.6 Å². The third kappa shape index (κ3) is 2.73. The highest BCUT2D eigenvalue weighted by molar-refractivity contribution is 6.31. The summed E-state index contributed by atoms with van der Waals surface area (Å²) in [6.07, 6.45) is 5.56. The number of hydrogen-bond acceptors (Lipinski definition) is 3. The van der Waals surface area contributed by atoms with Crippen molar-refractivity contribution < 1.29 is 4.74 Å². The van der Waals surface area contributed by atoms with Gasteiger partial charge in [-0.2, -0.15) is 0 Å². The SMILES string of the molecule is CNC(Cc1ccncc1Cl)C1CCOC1. The van der Waals surface area contributed by atoms with Crippen LogP contribution in [0.4, 0.5) is 0 Å². The van der Waals surface area contributed by atoms with Crippen molar-refractivity contribution in [2.24, 2.45) is 5.92 Å². The molecule has 1 aromatic heterocycles. The van der Waals surface area contributed by atoms with Crippen LogP contribution in [-0.4, -0.2) is 31.3 Å². The molecule has 0 aliphatic carbocycles. The fourth-order valence-corrected chi connectivity index (χ4v) is 2.38. The fourth-order valence-electron chi connectivity index (χ4n) is 2.18. The monoisotopic (exact) mass is 240 g/mol. The molecule has 0 amide bonds. The average molecular weight is 241 g/mol. The van der Waals surface area contributed by atoms with Gasteiger partial charge in [-0.1, -0.05) is 11.6 Å². The summed E-state index contributed by atoms with van der Waals surface area (Å²) in [5, 5.41) is 4.11. The summed E-state index contributed by atoms with van der Waals surface area (Å²) in [4.78, 5) is 4.00. The van der Waals surface area contributed by atoms with Gasteiger partial charge in [0.05, 0.1) is 11.6 Å². The molecule has 0 aromatic carbocycles. The minimum atomic E-state index is 0.433. The molecule has 0 spiro atoms.